The lowest BCUT2D eigenvalue weighted by Gasteiger charge is -2.31. The summed E-state index contributed by atoms with van der Waals surface area (Å²) in [5.41, 5.74) is 6.08. The van der Waals surface area contributed by atoms with E-state index < -0.39 is 10.2 Å². The van der Waals surface area contributed by atoms with Gasteiger partial charge in [0.25, 0.3) is 10.2 Å². The summed E-state index contributed by atoms with van der Waals surface area (Å²) in [7, 11) is -3.35. The van der Waals surface area contributed by atoms with Crippen molar-refractivity contribution in [2.45, 2.75) is 40.5 Å². The van der Waals surface area contributed by atoms with Crippen LogP contribution in [0.15, 0.2) is 0 Å². The molecule has 0 bridgehead atoms. The van der Waals surface area contributed by atoms with Crippen molar-refractivity contribution < 1.29 is 8.42 Å². The standard InChI is InChI=1S/C14H29N3O2S/c1-13(2)12(14(13,3)4)9-16-20(18,19)17-7-5-6-11(8-15)10-17/h11-12,16H,5-10,15H2,1-4H3. The molecule has 1 heterocycles. The van der Waals surface area contributed by atoms with Gasteiger partial charge < -0.3 is 5.73 Å². The fraction of sp³-hybridized carbons (Fsp3) is 1.00. The van der Waals surface area contributed by atoms with Gasteiger partial charge in [0.1, 0.15) is 0 Å². The first-order chi connectivity index (χ1) is 9.13. The van der Waals surface area contributed by atoms with E-state index in [9.17, 15) is 8.42 Å². The van der Waals surface area contributed by atoms with Gasteiger partial charge >= 0.3 is 0 Å². The van der Waals surface area contributed by atoms with Gasteiger partial charge in [-0.15, -0.1) is 0 Å². The maximum absolute atomic E-state index is 12.4. The summed E-state index contributed by atoms with van der Waals surface area (Å²) in [6.45, 7) is 11.1. The fourth-order valence-corrected chi connectivity index (χ4v) is 4.90. The smallest absolute Gasteiger partial charge is 0.279 e. The molecule has 0 aromatic heterocycles. The molecule has 3 N–H and O–H groups in total. The van der Waals surface area contributed by atoms with E-state index in [-0.39, 0.29) is 10.8 Å². The normalized spacial score (nSPS) is 30.4. The minimum absolute atomic E-state index is 0.206. The fourth-order valence-electron chi connectivity index (χ4n) is 3.56. The first-order valence-electron chi connectivity index (χ1n) is 7.57. The number of rotatable bonds is 5. The molecule has 1 atom stereocenters. The molecule has 2 fully saturated rings. The molecule has 0 radical (unpaired) electrons. The summed E-state index contributed by atoms with van der Waals surface area (Å²) in [5, 5.41) is 0. The van der Waals surface area contributed by atoms with Crippen LogP contribution >= 0.6 is 0 Å². The lowest BCUT2D eigenvalue weighted by Crippen LogP contribution is -2.47. The Morgan fingerprint density at radius 2 is 1.85 bits per heavy atom. The van der Waals surface area contributed by atoms with E-state index in [0.29, 0.717) is 38.0 Å². The number of nitrogens with zero attached hydrogens (tertiary/aromatic N) is 1. The van der Waals surface area contributed by atoms with Gasteiger partial charge in [-0.05, 0) is 42.1 Å². The molecule has 118 valence electrons. The molecule has 0 aromatic carbocycles. The Morgan fingerprint density at radius 1 is 1.25 bits per heavy atom. The molecular formula is C14H29N3O2S. The predicted molar refractivity (Wildman–Crippen MR) is 81.3 cm³/mol. The quantitative estimate of drug-likeness (QED) is 0.800. The highest BCUT2D eigenvalue weighted by Gasteiger charge is 2.64. The van der Waals surface area contributed by atoms with Gasteiger partial charge in [0.05, 0.1) is 0 Å². The van der Waals surface area contributed by atoms with Gasteiger partial charge in [-0.25, -0.2) is 4.72 Å². The van der Waals surface area contributed by atoms with E-state index in [1.165, 1.54) is 0 Å². The SMILES string of the molecule is CC1(C)C(CNS(=O)(=O)N2CCCC(CN)C2)C1(C)C. The number of nitrogens with two attached hydrogens (primary N) is 1. The van der Waals surface area contributed by atoms with Crippen LogP contribution in [-0.2, 0) is 10.2 Å². The van der Waals surface area contributed by atoms with Gasteiger partial charge in [0.15, 0.2) is 0 Å². The maximum atomic E-state index is 12.4. The van der Waals surface area contributed by atoms with Crippen LogP contribution in [0.3, 0.4) is 0 Å². The summed E-state index contributed by atoms with van der Waals surface area (Å²) >= 11 is 0. The monoisotopic (exact) mass is 303 g/mol. The Kier molecular flexibility index (Phi) is 4.24. The van der Waals surface area contributed by atoms with Crippen LogP contribution in [0.1, 0.15) is 40.5 Å². The number of hydrogen-bond donors (Lipinski definition) is 2. The van der Waals surface area contributed by atoms with Crippen LogP contribution in [-0.4, -0.2) is 38.9 Å². The molecule has 0 spiro atoms. The van der Waals surface area contributed by atoms with Crippen molar-refractivity contribution in [1.82, 2.24) is 9.03 Å². The topological polar surface area (TPSA) is 75.4 Å². The zero-order chi connectivity index (χ0) is 15.2. The highest BCUT2D eigenvalue weighted by Crippen LogP contribution is 2.67. The third kappa shape index (κ3) is 2.75. The maximum Gasteiger partial charge on any atom is 0.279 e. The summed E-state index contributed by atoms with van der Waals surface area (Å²) < 4.78 is 29.1. The van der Waals surface area contributed by atoms with Crippen molar-refractivity contribution in [1.29, 1.82) is 0 Å². The Labute approximate surface area is 123 Å². The summed E-state index contributed by atoms with van der Waals surface area (Å²) in [4.78, 5) is 0. The second-order valence-electron chi connectivity index (χ2n) is 7.45. The van der Waals surface area contributed by atoms with E-state index in [0.717, 1.165) is 12.8 Å². The molecule has 2 rings (SSSR count). The van der Waals surface area contributed by atoms with E-state index >= 15 is 0 Å². The van der Waals surface area contributed by atoms with E-state index in [1.54, 1.807) is 4.31 Å². The average Bonchev–Trinajstić information content (AvgIpc) is 2.77. The highest BCUT2D eigenvalue weighted by atomic mass is 32.2. The molecule has 1 saturated heterocycles. The van der Waals surface area contributed by atoms with E-state index in [4.69, 9.17) is 5.73 Å². The van der Waals surface area contributed by atoms with Crippen LogP contribution in [0.2, 0.25) is 0 Å². The first kappa shape index (κ1) is 16.2. The summed E-state index contributed by atoms with van der Waals surface area (Å²) in [5.74, 6) is 0.703. The Morgan fingerprint density at radius 3 is 2.35 bits per heavy atom. The predicted octanol–water partition coefficient (Wildman–Crippen LogP) is 1.17. The molecule has 2 aliphatic rings. The summed E-state index contributed by atoms with van der Waals surface area (Å²) in [6.07, 6.45) is 1.94. The molecule has 1 saturated carbocycles. The molecule has 0 amide bonds. The number of nitrogens with one attached hydrogen (secondary N) is 1. The largest absolute Gasteiger partial charge is 0.330 e. The van der Waals surface area contributed by atoms with Crippen molar-refractivity contribution in [2.24, 2.45) is 28.4 Å². The number of hydrogen-bond acceptors (Lipinski definition) is 3. The highest BCUT2D eigenvalue weighted by molar-refractivity contribution is 7.87. The van der Waals surface area contributed by atoms with Gasteiger partial charge in [-0.2, -0.15) is 12.7 Å². The van der Waals surface area contributed by atoms with Crippen LogP contribution in [0.25, 0.3) is 0 Å². The van der Waals surface area contributed by atoms with Gasteiger partial charge in [0, 0.05) is 19.6 Å². The van der Waals surface area contributed by atoms with E-state index in [1.807, 2.05) is 0 Å². The van der Waals surface area contributed by atoms with Crippen molar-refractivity contribution >= 4 is 10.2 Å². The molecule has 20 heavy (non-hydrogen) atoms. The molecule has 1 unspecified atom stereocenters. The average molecular weight is 303 g/mol. The third-order valence-electron chi connectivity index (χ3n) is 5.94. The number of piperidine rings is 1. The van der Waals surface area contributed by atoms with Crippen molar-refractivity contribution in [3.63, 3.8) is 0 Å². The van der Waals surface area contributed by atoms with Crippen LogP contribution in [0, 0.1) is 22.7 Å². The van der Waals surface area contributed by atoms with Crippen LogP contribution in [0.4, 0.5) is 0 Å². The van der Waals surface area contributed by atoms with Crippen molar-refractivity contribution in [3.8, 4) is 0 Å². The zero-order valence-electron chi connectivity index (χ0n) is 13.1. The van der Waals surface area contributed by atoms with Crippen molar-refractivity contribution in [3.05, 3.63) is 0 Å². The summed E-state index contributed by atoms with van der Waals surface area (Å²) in [6, 6.07) is 0. The molecule has 0 aromatic rings. The van der Waals surface area contributed by atoms with Crippen LogP contribution < -0.4 is 10.5 Å². The molecule has 1 aliphatic heterocycles. The van der Waals surface area contributed by atoms with Crippen LogP contribution in [0.5, 0.6) is 0 Å². The minimum Gasteiger partial charge on any atom is -0.330 e. The molecule has 5 nitrogen and oxygen atoms in total. The lowest BCUT2D eigenvalue weighted by molar-refractivity contribution is 0.268. The Balaban J connectivity index is 1.92. The molecule has 1 aliphatic carbocycles. The van der Waals surface area contributed by atoms with Gasteiger partial charge in [-0.3, -0.25) is 0 Å². The Bertz CT molecular complexity index is 445. The third-order valence-corrected chi connectivity index (χ3v) is 7.49. The minimum atomic E-state index is -3.35. The second-order valence-corrected chi connectivity index (χ2v) is 9.21. The lowest BCUT2D eigenvalue weighted by atomic mass is 10.0. The van der Waals surface area contributed by atoms with Gasteiger partial charge in [0.2, 0.25) is 0 Å². The van der Waals surface area contributed by atoms with E-state index in [2.05, 4.69) is 32.4 Å². The Hall–Kier alpha value is -0.170. The molecular weight excluding hydrogens is 274 g/mol. The zero-order valence-corrected chi connectivity index (χ0v) is 14.0. The first-order valence-corrected chi connectivity index (χ1v) is 9.01. The molecule has 6 heteroatoms. The van der Waals surface area contributed by atoms with Gasteiger partial charge in [-0.1, -0.05) is 27.7 Å². The van der Waals surface area contributed by atoms with Crippen molar-refractivity contribution in [2.75, 3.05) is 26.2 Å². The second kappa shape index (κ2) is 5.23.